The summed E-state index contributed by atoms with van der Waals surface area (Å²) in [5.41, 5.74) is 1.34. The van der Waals surface area contributed by atoms with Gasteiger partial charge >= 0.3 is 6.03 Å². The van der Waals surface area contributed by atoms with E-state index in [1.54, 1.807) is 23.1 Å². The zero-order valence-electron chi connectivity index (χ0n) is 12.1. The number of rotatable bonds is 2. The van der Waals surface area contributed by atoms with Crippen LogP contribution in [0.5, 0.6) is 0 Å². The molecule has 4 rings (SSSR count). The molecule has 8 heteroatoms. The van der Waals surface area contributed by atoms with Crippen LogP contribution in [0.15, 0.2) is 30.3 Å². The summed E-state index contributed by atoms with van der Waals surface area (Å²) in [6, 6.07) is 7.36. The van der Waals surface area contributed by atoms with Crippen molar-refractivity contribution in [2.75, 3.05) is 19.6 Å². The Bertz CT molecular complexity index is 779. The number of hydrogen-bond donors (Lipinski definition) is 3. The third-order valence-corrected chi connectivity index (χ3v) is 4.19. The average Bonchev–Trinajstić information content (AvgIpc) is 3.13. The minimum absolute atomic E-state index is 0.169. The summed E-state index contributed by atoms with van der Waals surface area (Å²) in [5.74, 6) is -0.490. The fraction of sp³-hybridized carbons (Fsp3) is 0.267. The van der Waals surface area contributed by atoms with E-state index in [2.05, 4.69) is 20.8 Å². The van der Waals surface area contributed by atoms with Crippen LogP contribution >= 0.6 is 0 Å². The van der Waals surface area contributed by atoms with Crippen molar-refractivity contribution < 1.29 is 14.0 Å². The molecule has 1 spiro atoms. The van der Waals surface area contributed by atoms with Crippen LogP contribution in [-0.2, 0) is 0 Å². The maximum absolute atomic E-state index is 12.9. The average molecular weight is 315 g/mol. The predicted octanol–water partition coefficient (Wildman–Crippen LogP) is 0.723. The summed E-state index contributed by atoms with van der Waals surface area (Å²) in [7, 11) is 0. The zero-order chi connectivity index (χ0) is 16.0. The third kappa shape index (κ3) is 2.32. The highest BCUT2D eigenvalue weighted by molar-refractivity contribution is 5.94. The summed E-state index contributed by atoms with van der Waals surface area (Å²) in [4.78, 5) is 25.3. The quantitative estimate of drug-likeness (QED) is 0.763. The van der Waals surface area contributed by atoms with E-state index < -0.39 is 0 Å². The molecule has 7 nitrogen and oxygen atoms in total. The van der Waals surface area contributed by atoms with Crippen molar-refractivity contribution in [2.24, 2.45) is 0 Å². The van der Waals surface area contributed by atoms with Gasteiger partial charge in [-0.3, -0.25) is 9.89 Å². The molecule has 1 aromatic carbocycles. The van der Waals surface area contributed by atoms with E-state index >= 15 is 0 Å². The van der Waals surface area contributed by atoms with E-state index in [0.717, 1.165) is 5.56 Å². The number of aromatic nitrogens is 2. The number of H-pyrrole nitrogens is 1. The summed E-state index contributed by atoms with van der Waals surface area (Å²) >= 11 is 0. The van der Waals surface area contributed by atoms with Gasteiger partial charge in [-0.15, -0.1) is 0 Å². The van der Waals surface area contributed by atoms with Gasteiger partial charge in [0.1, 0.15) is 11.5 Å². The highest BCUT2D eigenvalue weighted by Crippen LogP contribution is 2.25. The standard InChI is InChI=1S/C15H14FN5O2/c16-10-3-1-9(2-4-10)11-5-12(20-19-11)13(22)21-7-15(8-21)6-17-14(23)18-15/h1-5H,6-8H2,(H,19,20)(H2,17,18,23). The molecule has 3 N–H and O–H groups in total. The molecule has 2 aromatic rings. The number of hydrogen-bond acceptors (Lipinski definition) is 3. The minimum atomic E-state index is -0.341. The fourth-order valence-electron chi connectivity index (χ4n) is 2.97. The van der Waals surface area contributed by atoms with Gasteiger partial charge in [0, 0.05) is 25.2 Å². The summed E-state index contributed by atoms with van der Waals surface area (Å²) in [6.07, 6.45) is 0. The van der Waals surface area contributed by atoms with Crippen LogP contribution in [0.3, 0.4) is 0 Å². The second-order valence-corrected chi connectivity index (χ2v) is 5.92. The van der Waals surface area contributed by atoms with Gasteiger partial charge in [-0.25, -0.2) is 9.18 Å². The van der Waals surface area contributed by atoms with E-state index in [9.17, 15) is 14.0 Å². The number of urea groups is 1. The molecule has 3 heterocycles. The highest BCUT2D eigenvalue weighted by Gasteiger charge is 2.49. The van der Waals surface area contributed by atoms with Gasteiger partial charge in [-0.2, -0.15) is 5.10 Å². The molecule has 0 aliphatic carbocycles. The van der Waals surface area contributed by atoms with Crippen molar-refractivity contribution in [3.05, 3.63) is 41.8 Å². The minimum Gasteiger partial charge on any atom is -0.336 e. The van der Waals surface area contributed by atoms with Crippen molar-refractivity contribution >= 4 is 11.9 Å². The molecule has 0 bridgehead atoms. The third-order valence-electron chi connectivity index (χ3n) is 4.19. The molecule has 2 fully saturated rings. The molecular weight excluding hydrogens is 301 g/mol. The van der Waals surface area contributed by atoms with E-state index in [1.807, 2.05) is 0 Å². The predicted molar refractivity (Wildman–Crippen MR) is 79.2 cm³/mol. The summed E-state index contributed by atoms with van der Waals surface area (Å²) < 4.78 is 12.9. The number of halogens is 1. The lowest BCUT2D eigenvalue weighted by Gasteiger charge is -2.46. The monoisotopic (exact) mass is 315 g/mol. The van der Waals surface area contributed by atoms with Crippen LogP contribution in [0, 0.1) is 5.82 Å². The normalized spacial score (nSPS) is 18.5. The van der Waals surface area contributed by atoms with Crippen molar-refractivity contribution in [1.29, 1.82) is 0 Å². The number of likely N-dealkylation sites (tertiary alicyclic amines) is 1. The molecule has 2 aliphatic rings. The van der Waals surface area contributed by atoms with Gasteiger partial charge in [0.2, 0.25) is 0 Å². The number of amides is 3. The van der Waals surface area contributed by atoms with Crippen LogP contribution < -0.4 is 10.6 Å². The largest absolute Gasteiger partial charge is 0.336 e. The topological polar surface area (TPSA) is 90.1 Å². The Morgan fingerprint density at radius 3 is 2.65 bits per heavy atom. The summed E-state index contributed by atoms with van der Waals surface area (Å²) in [6.45, 7) is 1.46. The van der Waals surface area contributed by atoms with Crippen molar-refractivity contribution in [3.63, 3.8) is 0 Å². The summed E-state index contributed by atoms with van der Waals surface area (Å²) in [5, 5.41) is 12.4. The molecule has 0 saturated carbocycles. The first kappa shape index (κ1) is 13.7. The molecule has 2 saturated heterocycles. The molecule has 23 heavy (non-hydrogen) atoms. The van der Waals surface area contributed by atoms with Gasteiger partial charge in [0.25, 0.3) is 5.91 Å². The first-order valence-electron chi connectivity index (χ1n) is 7.21. The number of nitrogens with one attached hydrogen (secondary N) is 3. The van der Waals surface area contributed by atoms with Gasteiger partial charge in [-0.1, -0.05) is 0 Å². The maximum Gasteiger partial charge on any atom is 0.315 e. The molecule has 3 amide bonds. The second kappa shape index (κ2) is 4.80. The maximum atomic E-state index is 12.9. The van der Waals surface area contributed by atoms with Crippen LogP contribution in [-0.4, -0.2) is 52.2 Å². The first-order valence-corrected chi connectivity index (χ1v) is 7.21. The van der Waals surface area contributed by atoms with E-state index in [0.29, 0.717) is 31.0 Å². The fourth-order valence-corrected chi connectivity index (χ4v) is 2.97. The first-order chi connectivity index (χ1) is 11.0. The molecule has 0 atom stereocenters. The number of carbonyl (C=O) groups excluding carboxylic acids is 2. The Labute approximate surface area is 130 Å². The van der Waals surface area contributed by atoms with Crippen LogP contribution in [0.2, 0.25) is 0 Å². The molecule has 2 aliphatic heterocycles. The Kier molecular flexibility index (Phi) is 2.87. The molecule has 118 valence electrons. The smallest absolute Gasteiger partial charge is 0.315 e. The van der Waals surface area contributed by atoms with Crippen molar-refractivity contribution in [3.8, 4) is 11.3 Å². The zero-order valence-corrected chi connectivity index (χ0v) is 12.1. The number of nitrogens with zero attached hydrogens (tertiary/aromatic N) is 2. The van der Waals surface area contributed by atoms with E-state index in [4.69, 9.17) is 0 Å². The van der Waals surface area contributed by atoms with Gasteiger partial charge in [0.05, 0.1) is 11.2 Å². The number of aromatic amines is 1. The lowest BCUT2D eigenvalue weighted by atomic mass is 9.90. The number of benzene rings is 1. The van der Waals surface area contributed by atoms with Gasteiger partial charge < -0.3 is 15.5 Å². The Morgan fingerprint density at radius 2 is 2.00 bits per heavy atom. The molecule has 0 unspecified atom stereocenters. The van der Waals surface area contributed by atoms with E-state index in [1.165, 1.54) is 12.1 Å². The van der Waals surface area contributed by atoms with Crippen LogP contribution in [0.4, 0.5) is 9.18 Å². The highest BCUT2D eigenvalue weighted by atomic mass is 19.1. The van der Waals surface area contributed by atoms with Crippen molar-refractivity contribution in [2.45, 2.75) is 5.54 Å². The van der Waals surface area contributed by atoms with Crippen molar-refractivity contribution in [1.82, 2.24) is 25.7 Å². The Hall–Kier alpha value is -2.90. The number of carbonyl (C=O) groups is 2. The van der Waals surface area contributed by atoms with Gasteiger partial charge in [0.15, 0.2) is 0 Å². The molecule has 0 radical (unpaired) electrons. The van der Waals surface area contributed by atoms with Gasteiger partial charge in [-0.05, 0) is 30.3 Å². The lowest BCUT2D eigenvalue weighted by molar-refractivity contribution is 0.0391. The SMILES string of the molecule is O=C1NCC2(CN(C(=O)c3cc(-c4ccc(F)cc4)n[nH]3)C2)N1. The Morgan fingerprint density at radius 1 is 1.26 bits per heavy atom. The lowest BCUT2D eigenvalue weighted by Crippen LogP contribution is -2.70. The van der Waals surface area contributed by atoms with Crippen LogP contribution in [0.25, 0.3) is 11.3 Å². The molecular formula is C15H14FN5O2. The second-order valence-electron chi connectivity index (χ2n) is 5.92. The molecule has 1 aromatic heterocycles. The van der Waals surface area contributed by atoms with E-state index in [-0.39, 0.29) is 23.3 Å². The Balaban J connectivity index is 1.46. The van der Waals surface area contributed by atoms with Crippen LogP contribution in [0.1, 0.15) is 10.5 Å².